The number of rotatable bonds is 3. The normalized spacial score (nSPS) is 13.4. The first-order chi connectivity index (χ1) is 11.1. The Morgan fingerprint density at radius 3 is 2.61 bits per heavy atom. The predicted molar refractivity (Wildman–Crippen MR) is 80.1 cm³/mol. The number of anilines is 1. The van der Waals surface area contributed by atoms with Crippen LogP contribution in [0.1, 0.15) is 15.9 Å². The predicted octanol–water partition coefficient (Wildman–Crippen LogP) is 2.71. The second-order valence-corrected chi connectivity index (χ2v) is 4.88. The highest BCUT2D eigenvalue weighted by Gasteiger charge is 2.20. The highest BCUT2D eigenvalue weighted by molar-refractivity contribution is 6.10. The lowest BCUT2D eigenvalue weighted by molar-refractivity contribution is 0.102. The number of para-hydroxylation sites is 1. The lowest BCUT2D eigenvalue weighted by atomic mass is 10.1. The summed E-state index contributed by atoms with van der Waals surface area (Å²) in [6, 6.07) is 8.43. The third-order valence-electron chi connectivity index (χ3n) is 3.38. The largest absolute Gasteiger partial charge is 0.368 e. The van der Waals surface area contributed by atoms with Crippen LogP contribution in [-0.2, 0) is 0 Å². The summed E-state index contributed by atoms with van der Waals surface area (Å²) in [4.78, 5) is 16.4. The molecule has 0 radical (unpaired) electrons. The molecule has 0 spiro atoms. The molecule has 0 bridgehead atoms. The SMILES string of the molecule is O=C(Nc1ccccc1C1=NCCN1)c1ccc(F)c(F)c1F. The van der Waals surface area contributed by atoms with Gasteiger partial charge in [-0.25, -0.2) is 13.2 Å². The molecule has 118 valence electrons. The van der Waals surface area contributed by atoms with Crippen molar-refractivity contribution in [1.82, 2.24) is 5.32 Å². The van der Waals surface area contributed by atoms with Crippen LogP contribution in [0.15, 0.2) is 41.4 Å². The number of nitrogens with zero attached hydrogens (tertiary/aromatic N) is 1. The molecule has 7 heteroatoms. The van der Waals surface area contributed by atoms with Crippen molar-refractivity contribution in [2.75, 3.05) is 18.4 Å². The maximum Gasteiger partial charge on any atom is 0.258 e. The molecule has 4 nitrogen and oxygen atoms in total. The van der Waals surface area contributed by atoms with E-state index >= 15 is 0 Å². The van der Waals surface area contributed by atoms with Crippen LogP contribution in [0.5, 0.6) is 0 Å². The van der Waals surface area contributed by atoms with E-state index in [2.05, 4.69) is 15.6 Å². The average molecular weight is 319 g/mol. The molecule has 1 amide bonds. The van der Waals surface area contributed by atoms with Gasteiger partial charge in [-0.2, -0.15) is 0 Å². The number of amidine groups is 1. The van der Waals surface area contributed by atoms with Crippen LogP contribution in [0.4, 0.5) is 18.9 Å². The molecule has 23 heavy (non-hydrogen) atoms. The number of halogens is 3. The highest BCUT2D eigenvalue weighted by Crippen LogP contribution is 2.20. The molecule has 0 unspecified atom stereocenters. The van der Waals surface area contributed by atoms with E-state index in [0.717, 1.165) is 6.07 Å². The van der Waals surface area contributed by atoms with E-state index in [-0.39, 0.29) is 0 Å². The van der Waals surface area contributed by atoms with E-state index in [4.69, 9.17) is 0 Å². The molecule has 2 aromatic carbocycles. The van der Waals surface area contributed by atoms with Crippen LogP contribution < -0.4 is 10.6 Å². The first-order valence-electron chi connectivity index (χ1n) is 6.90. The number of amides is 1. The van der Waals surface area contributed by atoms with E-state index in [1.165, 1.54) is 0 Å². The second kappa shape index (κ2) is 6.12. The Labute approximate surface area is 130 Å². The van der Waals surface area contributed by atoms with Gasteiger partial charge in [0.25, 0.3) is 5.91 Å². The third-order valence-corrected chi connectivity index (χ3v) is 3.38. The topological polar surface area (TPSA) is 53.5 Å². The lowest BCUT2D eigenvalue weighted by Gasteiger charge is -2.12. The molecular weight excluding hydrogens is 307 g/mol. The summed E-state index contributed by atoms with van der Waals surface area (Å²) >= 11 is 0. The highest BCUT2D eigenvalue weighted by atomic mass is 19.2. The van der Waals surface area contributed by atoms with Gasteiger partial charge in [-0.3, -0.25) is 9.79 Å². The summed E-state index contributed by atoms with van der Waals surface area (Å²) in [5, 5.41) is 5.57. The lowest BCUT2D eigenvalue weighted by Crippen LogP contribution is -2.22. The zero-order valence-electron chi connectivity index (χ0n) is 11.9. The minimum absolute atomic E-state index is 0.398. The van der Waals surface area contributed by atoms with Crippen LogP contribution in [0.25, 0.3) is 0 Å². The van der Waals surface area contributed by atoms with Gasteiger partial charge < -0.3 is 10.6 Å². The van der Waals surface area contributed by atoms with Crippen LogP contribution in [0.3, 0.4) is 0 Å². The van der Waals surface area contributed by atoms with Crippen molar-refractivity contribution in [2.24, 2.45) is 4.99 Å². The Bertz CT molecular complexity index is 805. The first-order valence-corrected chi connectivity index (χ1v) is 6.90. The Kier molecular flexibility index (Phi) is 4.01. The van der Waals surface area contributed by atoms with Gasteiger partial charge in [0.05, 0.1) is 17.8 Å². The van der Waals surface area contributed by atoms with Crippen molar-refractivity contribution in [3.05, 3.63) is 65.0 Å². The summed E-state index contributed by atoms with van der Waals surface area (Å²) in [6.45, 7) is 1.31. The molecule has 0 atom stereocenters. The van der Waals surface area contributed by atoms with Crippen molar-refractivity contribution in [2.45, 2.75) is 0 Å². The van der Waals surface area contributed by atoms with Crippen LogP contribution in [0, 0.1) is 17.5 Å². The van der Waals surface area contributed by atoms with Crippen LogP contribution in [0.2, 0.25) is 0 Å². The van der Waals surface area contributed by atoms with Gasteiger partial charge in [0.1, 0.15) is 5.84 Å². The fourth-order valence-electron chi connectivity index (χ4n) is 2.27. The average Bonchev–Trinajstić information content (AvgIpc) is 3.07. The van der Waals surface area contributed by atoms with Crippen LogP contribution in [-0.4, -0.2) is 24.8 Å². The summed E-state index contributed by atoms with van der Waals surface area (Å²) in [7, 11) is 0. The van der Waals surface area contributed by atoms with E-state index in [0.29, 0.717) is 36.2 Å². The standard InChI is InChI=1S/C16H12F3N3O/c17-11-6-5-10(13(18)14(11)19)16(23)22-12-4-2-1-3-9(12)15-20-7-8-21-15/h1-6H,7-8H2,(H,20,21)(H,22,23). The zero-order chi connectivity index (χ0) is 16.4. The Hall–Kier alpha value is -2.83. The molecule has 1 aliphatic heterocycles. The molecule has 0 fully saturated rings. The maximum absolute atomic E-state index is 13.7. The molecule has 3 rings (SSSR count). The summed E-state index contributed by atoms with van der Waals surface area (Å²) < 4.78 is 39.9. The van der Waals surface area contributed by atoms with Crippen molar-refractivity contribution >= 4 is 17.4 Å². The summed E-state index contributed by atoms with van der Waals surface area (Å²) in [5.74, 6) is -4.79. The number of benzene rings is 2. The Morgan fingerprint density at radius 1 is 1.09 bits per heavy atom. The van der Waals surface area contributed by atoms with Gasteiger partial charge in [-0.15, -0.1) is 0 Å². The number of aliphatic imine (C=N–C) groups is 1. The molecular formula is C16H12F3N3O. The monoisotopic (exact) mass is 319 g/mol. The molecule has 1 aliphatic rings. The van der Waals surface area contributed by atoms with Gasteiger partial charge in [0.15, 0.2) is 17.5 Å². The second-order valence-electron chi connectivity index (χ2n) is 4.88. The number of carbonyl (C=O) groups is 1. The van der Waals surface area contributed by atoms with Crippen molar-refractivity contribution in [1.29, 1.82) is 0 Å². The van der Waals surface area contributed by atoms with Gasteiger partial charge in [0.2, 0.25) is 0 Å². The summed E-state index contributed by atoms with van der Waals surface area (Å²) in [6.07, 6.45) is 0. The number of nitrogens with one attached hydrogen (secondary N) is 2. The van der Waals surface area contributed by atoms with Gasteiger partial charge >= 0.3 is 0 Å². The number of hydrogen-bond donors (Lipinski definition) is 2. The molecule has 0 saturated heterocycles. The summed E-state index contributed by atoms with van der Waals surface area (Å²) in [5.41, 5.74) is 0.469. The third kappa shape index (κ3) is 2.90. The maximum atomic E-state index is 13.7. The molecule has 0 aliphatic carbocycles. The van der Waals surface area contributed by atoms with E-state index in [1.54, 1.807) is 24.3 Å². The zero-order valence-corrected chi connectivity index (χ0v) is 11.9. The first kappa shape index (κ1) is 15.1. The fourth-order valence-corrected chi connectivity index (χ4v) is 2.27. The van der Waals surface area contributed by atoms with Crippen molar-refractivity contribution < 1.29 is 18.0 Å². The molecule has 2 N–H and O–H groups in total. The van der Waals surface area contributed by atoms with Crippen molar-refractivity contribution in [3.8, 4) is 0 Å². The smallest absolute Gasteiger partial charge is 0.258 e. The van der Waals surface area contributed by atoms with Gasteiger partial charge in [-0.05, 0) is 24.3 Å². The molecule has 2 aromatic rings. The van der Waals surface area contributed by atoms with Gasteiger partial charge in [0, 0.05) is 12.1 Å². The number of hydrogen-bond acceptors (Lipinski definition) is 3. The quantitative estimate of drug-likeness (QED) is 0.855. The molecule has 1 heterocycles. The van der Waals surface area contributed by atoms with Gasteiger partial charge in [-0.1, -0.05) is 12.1 Å². The Balaban J connectivity index is 1.91. The van der Waals surface area contributed by atoms with E-state index in [1.807, 2.05) is 0 Å². The Morgan fingerprint density at radius 2 is 1.87 bits per heavy atom. The molecule has 0 saturated carbocycles. The minimum atomic E-state index is -1.67. The fraction of sp³-hybridized carbons (Fsp3) is 0.125. The molecule has 0 aromatic heterocycles. The minimum Gasteiger partial charge on any atom is -0.368 e. The van der Waals surface area contributed by atoms with Crippen LogP contribution >= 0.6 is 0 Å². The van der Waals surface area contributed by atoms with Crippen molar-refractivity contribution in [3.63, 3.8) is 0 Å². The van der Waals surface area contributed by atoms with E-state index in [9.17, 15) is 18.0 Å². The van der Waals surface area contributed by atoms with E-state index < -0.39 is 28.9 Å². The number of carbonyl (C=O) groups excluding carboxylic acids is 1.